The van der Waals surface area contributed by atoms with Gasteiger partial charge in [-0.3, -0.25) is 9.89 Å². The Hall–Kier alpha value is -4.04. The standard InChI is InChI=1S/C26H21ClFN3O4/c1-34-20-10-5-15(11-21(20)35-2)25-22-23(18-12-16(27)6-9-19(18)32)29-30-24(22)26(33)31(25)13-14-3-7-17(28)8-4-14/h3-12,25,32H,13H2,1-2H3,(H,29,30). The van der Waals surface area contributed by atoms with Gasteiger partial charge in [0.2, 0.25) is 0 Å². The average molecular weight is 494 g/mol. The summed E-state index contributed by atoms with van der Waals surface area (Å²) in [6.45, 7) is 0.224. The maximum Gasteiger partial charge on any atom is 0.273 e. The van der Waals surface area contributed by atoms with Gasteiger partial charge >= 0.3 is 0 Å². The van der Waals surface area contributed by atoms with E-state index in [1.807, 2.05) is 6.07 Å². The fraction of sp³-hybridized carbons (Fsp3) is 0.154. The van der Waals surface area contributed by atoms with Crippen LogP contribution in [0.15, 0.2) is 60.7 Å². The van der Waals surface area contributed by atoms with Gasteiger partial charge in [0, 0.05) is 22.7 Å². The number of phenols is 1. The maximum absolute atomic E-state index is 13.6. The summed E-state index contributed by atoms with van der Waals surface area (Å²) in [6.07, 6.45) is 0. The van der Waals surface area contributed by atoms with Gasteiger partial charge in [-0.15, -0.1) is 0 Å². The number of nitrogens with zero attached hydrogens (tertiary/aromatic N) is 2. The molecule has 1 unspecified atom stereocenters. The van der Waals surface area contributed by atoms with E-state index in [-0.39, 0.29) is 24.0 Å². The van der Waals surface area contributed by atoms with E-state index in [4.69, 9.17) is 21.1 Å². The molecule has 1 aliphatic heterocycles. The highest BCUT2D eigenvalue weighted by atomic mass is 35.5. The summed E-state index contributed by atoms with van der Waals surface area (Å²) in [5.74, 6) is 0.406. The van der Waals surface area contributed by atoms with Crippen molar-refractivity contribution in [3.63, 3.8) is 0 Å². The Balaban J connectivity index is 1.68. The zero-order valence-electron chi connectivity index (χ0n) is 18.9. The smallest absolute Gasteiger partial charge is 0.273 e. The molecule has 1 amide bonds. The van der Waals surface area contributed by atoms with E-state index in [2.05, 4.69) is 10.2 Å². The van der Waals surface area contributed by atoms with Crippen LogP contribution in [0.2, 0.25) is 5.02 Å². The largest absolute Gasteiger partial charge is 0.507 e. The lowest BCUT2D eigenvalue weighted by atomic mass is 9.95. The number of carbonyl (C=O) groups is 1. The van der Waals surface area contributed by atoms with Gasteiger partial charge < -0.3 is 19.5 Å². The first-order valence-corrected chi connectivity index (χ1v) is 11.1. The van der Waals surface area contributed by atoms with Crippen LogP contribution < -0.4 is 9.47 Å². The number of carbonyl (C=O) groups excluding carboxylic acids is 1. The number of aromatic nitrogens is 2. The van der Waals surface area contributed by atoms with Crippen molar-refractivity contribution in [3.05, 3.63) is 93.9 Å². The van der Waals surface area contributed by atoms with Crippen molar-refractivity contribution >= 4 is 17.5 Å². The van der Waals surface area contributed by atoms with Crippen molar-refractivity contribution in [2.45, 2.75) is 12.6 Å². The minimum absolute atomic E-state index is 0.0146. The maximum atomic E-state index is 13.6. The number of aromatic hydroxyl groups is 1. The number of hydrogen-bond acceptors (Lipinski definition) is 5. The fourth-order valence-corrected chi connectivity index (χ4v) is 4.59. The molecule has 0 saturated heterocycles. The molecule has 35 heavy (non-hydrogen) atoms. The molecular formula is C26H21ClFN3O4. The molecule has 0 bridgehead atoms. The van der Waals surface area contributed by atoms with E-state index in [0.717, 1.165) is 11.1 Å². The highest BCUT2D eigenvalue weighted by Gasteiger charge is 2.42. The summed E-state index contributed by atoms with van der Waals surface area (Å²) < 4.78 is 24.4. The SMILES string of the molecule is COc1ccc(C2c3c(-c4cc(Cl)ccc4O)n[nH]c3C(=O)N2Cc2ccc(F)cc2)cc1OC. The van der Waals surface area contributed by atoms with Crippen molar-refractivity contribution in [3.8, 4) is 28.5 Å². The molecule has 0 fully saturated rings. The van der Waals surface area contributed by atoms with Gasteiger partial charge in [-0.1, -0.05) is 29.8 Å². The van der Waals surface area contributed by atoms with E-state index < -0.39 is 6.04 Å². The molecule has 1 aliphatic rings. The minimum Gasteiger partial charge on any atom is -0.507 e. The molecular weight excluding hydrogens is 473 g/mol. The molecule has 3 aromatic carbocycles. The molecule has 4 aromatic rings. The number of H-pyrrole nitrogens is 1. The van der Waals surface area contributed by atoms with E-state index in [1.54, 1.807) is 48.4 Å². The molecule has 9 heteroatoms. The molecule has 5 rings (SSSR count). The number of methoxy groups -OCH3 is 2. The Morgan fingerprint density at radius 1 is 1.06 bits per heavy atom. The topological polar surface area (TPSA) is 87.7 Å². The third-order valence-electron chi connectivity index (χ3n) is 6.07. The van der Waals surface area contributed by atoms with Crippen LogP contribution in [0.3, 0.4) is 0 Å². The molecule has 2 N–H and O–H groups in total. The summed E-state index contributed by atoms with van der Waals surface area (Å²) in [5, 5.41) is 18.2. The van der Waals surface area contributed by atoms with Crippen molar-refractivity contribution in [2.75, 3.05) is 14.2 Å². The second-order valence-electron chi connectivity index (χ2n) is 8.10. The van der Waals surface area contributed by atoms with Gasteiger partial charge in [-0.25, -0.2) is 4.39 Å². The normalized spacial score (nSPS) is 14.8. The summed E-state index contributed by atoms with van der Waals surface area (Å²) in [4.78, 5) is 15.2. The van der Waals surface area contributed by atoms with Crippen LogP contribution in [-0.4, -0.2) is 40.3 Å². The van der Waals surface area contributed by atoms with Gasteiger partial charge in [0.15, 0.2) is 11.5 Å². The van der Waals surface area contributed by atoms with E-state index in [1.165, 1.54) is 25.3 Å². The van der Waals surface area contributed by atoms with Crippen molar-refractivity contribution in [1.82, 2.24) is 15.1 Å². The number of ether oxygens (including phenoxy) is 2. The molecule has 0 spiro atoms. The second-order valence-corrected chi connectivity index (χ2v) is 8.54. The Morgan fingerprint density at radius 2 is 1.80 bits per heavy atom. The lowest BCUT2D eigenvalue weighted by Gasteiger charge is -2.27. The number of amides is 1. The summed E-state index contributed by atoms with van der Waals surface area (Å²) >= 11 is 6.20. The number of benzene rings is 3. The van der Waals surface area contributed by atoms with Crippen LogP contribution >= 0.6 is 11.6 Å². The van der Waals surface area contributed by atoms with Gasteiger partial charge in [0.1, 0.15) is 23.0 Å². The van der Waals surface area contributed by atoms with E-state index in [9.17, 15) is 14.3 Å². The first-order valence-electron chi connectivity index (χ1n) is 10.8. The molecule has 178 valence electrons. The molecule has 0 saturated carbocycles. The van der Waals surface area contributed by atoms with Gasteiger partial charge in [0.05, 0.1) is 20.3 Å². The Labute approximate surface area is 205 Å². The zero-order valence-corrected chi connectivity index (χ0v) is 19.6. The molecule has 0 aliphatic carbocycles. The number of phenolic OH excluding ortho intramolecular Hbond substituents is 1. The number of aromatic amines is 1. The molecule has 2 heterocycles. The molecule has 1 aromatic heterocycles. The first kappa shape index (κ1) is 22.7. The van der Waals surface area contributed by atoms with Crippen LogP contribution in [-0.2, 0) is 6.54 Å². The highest BCUT2D eigenvalue weighted by molar-refractivity contribution is 6.31. The summed E-state index contributed by atoms with van der Waals surface area (Å²) in [6, 6.07) is 15.5. The van der Waals surface area contributed by atoms with Crippen LogP contribution in [0.5, 0.6) is 17.2 Å². The summed E-state index contributed by atoms with van der Waals surface area (Å²) in [7, 11) is 3.09. The third kappa shape index (κ3) is 3.95. The Kier molecular flexibility index (Phi) is 5.82. The highest BCUT2D eigenvalue weighted by Crippen LogP contribution is 2.46. The zero-order chi connectivity index (χ0) is 24.7. The van der Waals surface area contributed by atoms with Crippen LogP contribution in [0.1, 0.15) is 33.2 Å². The average Bonchev–Trinajstić information content (AvgIpc) is 3.40. The minimum atomic E-state index is -0.575. The lowest BCUT2D eigenvalue weighted by molar-refractivity contribution is 0.0730. The van der Waals surface area contributed by atoms with Gasteiger partial charge in [0.25, 0.3) is 5.91 Å². The van der Waals surface area contributed by atoms with Crippen LogP contribution in [0.25, 0.3) is 11.3 Å². The number of rotatable bonds is 6. The first-order chi connectivity index (χ1) is 16.9. The molecule has 7 nitrogen and oxygen atoms in total. The Morgan fingerprint density at radius 3 is 2.51 bits per heavy atom. The van der Waals surface area contributed by atoms with Gasteiger partial charge in [-0.05, 0) is 53.6 Å². The number of fused-ring (bicyclic) bond motifs is 1. The number of hydrogen-bond donors (Lipinski definition) is 2. The van der Waals surface area contributed by atoms with Crippen molar-refractivity contribution < 1.29 is 23.8 Å². The predicted octanol–water partition coefficient (Wildman–Crippen LogP) is 5.34. The van der Waals surface area contributed by atoms with Crippen LogP contribution in [0.4, 0.5) is 4.39 Å². The third-order valence-corrected chi connectivity index (χ3v) is 6.30. The quantitative estimate of drug-likeness (QED) is 0.378. The number of nitrogens with one attached hydrogen (secondary N) is 1. The summed E-state index contributed by atoms with van der Waals surface area (Å²) in [5.41, 5.74) is 3.23. The van der Waals surface area contributed by atoms with E-state index in [0.29, 0.717) is 39.0 Å². The van der Waals surface area contributed by atoms with Crippen LogP contribution in [0, 0.1) is 5.82 Å². The molecule has 0 radical (unpaired) electrons. The van der Waals surface area contributed by atoms with E-state index >= 15 is 0 Å². The van der Waals surface area contributed by atoms with Gasteiger partial charge in [-0.2, -0.15) is 5.10 Å². The Bertz CT molecular complexity index is 1420. The second kappa shape index (κ2) is 8.96. The van der Waals surface area contributed by atoms with Crippen molar-refractivity contribution in [1.29, 1.82) is 0 Å². The van der Waals surface area contributed by atoms with Crippen molar-refractivity contribution in [2.24, 2.45) is 0 Å². The monoisotopic (exact) mass is 493 g/mol. The lowest BCUT2D eigenvalue weighted by Crippen LogP contribution is -2.29. The fourth-order valence-electron chi connectivity index (χ4n) is 4.42. The predicted molar refractivity (Wildman–Crippen MR) is 128 cm³/mol. The molecule has 1 atom stereocenters. The number of halogens is 2.